The normalized spacial score (nSPS) is 26.4. The highest BCUT2D eigenvalue weighted by molar-refractivity contribution is 5.09. The van der Waals surface area contributed by atoms with Crippen LogP contribution in [0, 0.1) is 6.92 Å². The van der Waals surface area contributed by atoms with Crippen LogP contribution in [0.4, 0.5) is 0 Å². The molecular weight excluding hydrogens is 178 g/mol. The Balaban J connectivity index is 2.12. The zero-order valence-corrected chi connectivity index (χ0v) is 8.96. The zero-order chi connectivity index (χ0) is 10.2. The van der Waals surface area contributed by atoms with Gasteiger partial charge in [0.25, 0.3) is 0 Å². The second-order valence-electron chi connectivity index (χ2n) is 4.45. The summed E-state index contributed by atoms with van der Waals surface area (Å²) in [5.74, 6) is 1.86. The number of furan rings is 1. The molecule has 1 aromatic heterocycles. The fourth-order valence-electron chi connectivity index (χ4n) is 1.76. The van der Waals surface area contributed by atoms with Gasteiger partial charge in [0.1, 0.15) is 17.6 Å². The van der Waals surface area contributed by atoms with E-state index in [2.05, 4.69) is 19.2 Å². The van der Waals surface area contributed by atoms with E-state index in [1.54, 1.807) is 0 Å². The Labute approximate surface area is 84.4 Å². The number of rotatable bonds is 1. The summed E-state index contributed by atoms with van der Waals surface area (Å²) in [5.41, 5.74) is -0.108. The number of nitrogens with one attached hydrogen (secondary N) is 1. The molecule has 1 aliphatic heterocycles. The second kappa shape index (κ2) is 3.41. The summed E-state index contributed by atoms with van der Waals surface area (Å²) in [4.78, 5) is 0. The Morgan fingerprint density at radius 3 is 2.79 bits per heavy atom. The molecule has 14 heavy (non-hydrogen) atoms. The monoisotopic (exact) mass is 195 g/mol. The number of ether oxygens (including phenoxy) is 1. The van der Waals surface area contributed by atoms with Gasteiger partial charge in [-0.3, -0.25) is 0 Å². The lowest BCUT2D eigenvalue weighted by molar-refractivity contribution is -0.103. The highest BCUT2D eigenvalue weighted by Gasteiger charge is 2.30. The lowest BCUT2D eigenvalue weighted by atomic mass is 10.1. The molecule has 2 heterocycles. The highest BCUT2D eigenvalue weighted by Crippen LogP contribution is 2.27. The molecule has 1 N–H and O–H groups in total. The van der Waals surface area contributed by atoms with Crippen molar-refractivity contribution < 1.29 is 9.15 Å². The molecule has 0 bridgehead atoms. The van der Waals surface area contributed by atoms with E-state index >= 15 is 0 Å². The van der Waals surface area contributed by atoms with Crippen LogP contribution in [0.15, 0.2) is 16.5 Å². The Hall–Kier alpha value is -0.800. The third-order valence-corrected chi connectivity index (χ3v) is 2.42. The lowest BCUT2D eigenvalue weighted by Crippen LogP contribution is -2.46. The molecule has 78 valence electrons. The Morgan fingerprint density at radius 1 is 1.43 bits per heavy atom. The van der Waals surface area contributed by atoms with Gasteiger partial charge >= 0.3 is 0 Å². The summed E-state index contributed by atoms with van der Waals surface area (Å²) >= 11 is 0. The smallest absolute Gasteiger partial charge is 0.134 e. The topological polar surface area (TPSA) is 34.4 Å². The van der Waals surface area contributed by atoms with E-state index in [0.29, 0.717) is 0 Å². The molecule has 0 spiro atoms. The summed E-state index contributed by atoms with van der Waals surface area (Å²) in [7, 11) is 0. The standard InChI is InChI=1S/C11H17NO2/c1-8-4-5-9(13-8)10-6-12-7-11(2,3)14-10/h4-5,10,12H,6-7H2,1-3H3. The fourth-order valence-corrected chi connectivity index (χ4v) is 1.76. The van der Waals surface area contributed by atoms with Gasteiger partial charge in [-0.1, -0.05) is 0 Å². The third-order valence-electron chi connectivity index (χ3n) is 2.42. The molecule has 3 heteroatoms. The first-order valence-corrected chi connectivity index (χ1v) is 5.02. The van der Waals surface area contributed by atoms with Crippen molar-refractivity contribution >= 4 is 0 Å². The molecule has 0 radical (unpaired) electrons. The highest BCUT2D eigenvalue weighted by atomic mass is 16.5. The van der Waals surface area contributed by atoms with Crippen molar-refractivity contribution in [1.82, 2.24) is 5.32 Å². The first-order chi connectivity index (χ1) is 6.57. The van der Waals surface area contributed by atoms with E-state index in [4.69, 9.17) is 9.15 Å². The van der Waals surface area contributed by atoms with E-state index in [-0.39, 0.29) is 11.7 Å². The average Bonchev–Trinajstić information content (AvgIpc) is 2.50. The molecular formula is C11H17NO2. The first-order valence-electron chi connectivity index (χ1n) is 5.02. The Bertz CT molecular complexity index is 317. The average molecular weight is 195 g/mol. The molecule has 1 unspecified atom stereocenters. The van der Waals surface area contributed by atoms with Gasteiger partial charge in [-0.05, 0) is 32.9 Å². The minimum atomic E-state index is -0.108. The third kappa shape index (κ3) is 1.99. The van der Waals surface area contributed by atoms with Gasteiger partial charge in [0.15, 0.2) is 0 Å². The van der Waals surface area contributed by atoms with Crippen LogP contribution in [-0.2, 0) is 4.74 Å². The van der Waals surface area contributed by atoms with Crippen molar-refractivity contribution in [2.75, 3.05) is 13.1 Å². The van der Waals surface area contributed by atoms with Crippen LogP contribution < -0.4 is 5.32 Å². The van der Waals surface area contributed by atoms with Gasteiger partial charge in [0.05, 0.1) is 5.60 Å². The predicted molar refractivity (Wildman–Crippen MR) is 54.2 cm³/mol. The molecule has 0 aliphatic carbocycles. The van der Waals surface area contributed by atoms with Crippen LogP contribution in [0.5, 0.6) is 0 Å². The minimum Gasteiger partial charge on any atom is -0.464 e. The van der Waals surface area contributed by atoms with Crippen molar-refractivity contribution in [1.29, 1.82) is 0 Å². The quantitative estimate of drug-likeness (QED) is 0.744. The maximum absolute atomic E-state index is 5.92. The number of aryl methyl sites for hydroxylation is 1. The molecule has 0 aromatic carbocycles. The molecule has 2 rings (SSSR count). The predicted octanol–water partition coefficient (Wildman–Crippen LogP) is 2.03. The molecule has 1 atom stereocenters. The fraction of sp³-hybridized carbons (Fsp3) is 0.636. The van der Waals surface area contributed by atoms with Crippen molar-refractivity contribution in [3.8, 4) is 0 Å². The van der Waals surface area contributed by atoms with Crippen molar-refractivity contribution in [2.45, 2.75) is 32.5 Å². The summed E-state index contributed by atoms with van der Waals surface area (Å²) in [5, 5.41) is 3.35. The molecule has 1 fully saturated rings. The van der Waals surface area contributed by atoms with Crippen molar-refractivity contribution in [3.05, 3.63) is 23.7 Å². The van der Waals surface area contributed by atoms with Crippen LogP contribution in [0.25, 0.3) is 0 Å². The van der Waals surface area contributed by atoms with Crippen LogP contribution in [0.3, 0.4) is 0 Å². The van der Waals surface area contributed by atoms with Crippen molar-refractivity contribution in [2.24, 2.45) is 0 Å². The largest absolute Gasteiger partial charge is 0.464 e. The van der Waals surface area contributed by atoms with E-state index in [9.17, 15) is 0 Å². The summed E-state index contributed by atoms with van der Waals surface area (Å²) < 4.78 is 11.5. The molecule has 0 amide bonds. The van der Waals surface area contributed by atoms with Crippen LogP contribution >= 0.6 is 0 Å². The Morgan fingerprint density at radius 2 is 2.21 bits per heavy atom. The summed E-state index contributed by atoms with van der Waals surface area (Å²) in [6.45, 7) is 7.84. The zero-order valence-electron chi connectivity index (χ0n) is 8.96. The van der Waals surface area contributed by atoms with E-state index in [0.717, 1.165) is 24.6 Å². The lowest BCUT2D eigenvalue weighted by Gasteiger charge is -2.35. The van der Waals surface area contributed by atoms with Gasteiger partial charge in [-0.2, -0.15) is 0 Å². The summed E-state index contributed by atoms with van der Waals surface area (Å²) in [6, 6.07) is 3.96. The minimum absolute atomic E-state index is 0.0486. The van der Waals surface area contributed by atoms with Crippen LogP contribution in [0.2, 0.25) is 0 Å². The van der Waals surface area contributed by atoms with Crippen molar-refractivity contribution in [3.63, 3.8) is 0 Å². The van der Waals surface area contributed by atoms with Gasteiger partial charge in [-0.15, -0.1) is 0 Å². The second-order valence-corrected chi connectivity index (χ2v) is 4.45. The molecule has 1 aliphatic rings. The van der Waals surface area contributed by atoms with Gasteiger partial charge < -0.3 is 14.5 Å². The van der Waals surface area contributed by atoms with E-state index < -0.39 is 0 Å². The van der Waals surface area contributed by atoms with Crippen LogP contribution in [-0.4, -0.2) is 18.7 Å². The molecule has 0 saturated carbocycles. The van der Waals surface area contributed by atoms with Crippen LogP contribution in [0.1, 0.15) is 31.5 Å². The van der Waals surface area contributed by atoms with Gasteiger partial charge in [0.2, 0.25) is 0 Å². The number of morpholine rings is 1. The number of hydrogen-bond acceptors (Lipinski definition) is 3. The molecule has 1 saturated heterocycles. The summed E-state index contributed by atoms with van der Waals surface area (Å²) in [6.07, 6.45) is 0.0486. The van der Waals surface area contributed by atoms with Gasteiger partial charge in [0, 0.05) is 13.1 Å². The van der Waals surface area contributed by atoms with E-state index in [1.165, 1.54) is 0 Å². The maximum atomic E-state index is 5.92. The van der Waals surface area contributed by atoms with Gasteiger partial charge in [-0.25, -0.2) is 0 Å². The Kier molecular flexibility index (Phi) is 2.37. The number of hydrogen-bond donors (Lipinski definition) is 1. The van der Waals surface area contributed by atoms with E-state index in [1.807, 2.05) is 19.1 Å². The maximum Gasteiger partial charge on any atom is 0.134 e. The SMILES string of the molecule is Cc1ccc(C2CNCC(C)(C)O2)o1. The first kappa shape index (κ1) is 9.74. The molecule has 3 nitrogen and oxygen atoms in total. The molecule has 1 aromatic rings.